The Labute approximate surface area is 194 Å². The van der Waals surface area contributed by atoms with E-state index in [9.17, 15) is 0 Å². The molecule has 2 heterocycles. The number of nitrogens with zero attached hydrogens (tertiary/aromatic N) is 2. The smallest absolute Gasteiger partial charge is 0.248 e. The fourth-order valence-electron chi connectivity index (χ4n) is 4.14. The summed E-state index contributed by atoms with van der Waals surface area (Å²) in [5, 5.41) is 3.34. The molecule has 0 atom stereocenters. The molecule has 0 aliphatic heterocycles. The van der Waals surface area contributed by atoms with E-state index in [1.165, 1.54) is 5.56 Å². The Balaban J connectivity index is 0.00000204. The van der Waals surface area contributed by atoms with Crippen LogP contribution in [0.4, 0.5) is 0 Å². The molecule has 0 amide bonds. The summed E-state index contributed by atoms with van der Waals surface area (Å²) in [6.45, 7) is 0. The summed E-state index contributed by atoms with van der Waals surface area (Å²) in [5.41, 5.74) is 7.39. The fraction of sp³-hybridized carbons (Fsp3) is 0. The van der Waals surface area contributed by atoms with Gasteiger partial charge >= 0.3 is 21.1 Å². The summed E-state index contributed by atoms with van der Waals surface area (Å²) < 4.78 is 0. The maximum absolute atomic E-state index is 5.22. The van der Waals surface area contributed by atoms with Gasteiger partial charge in [0.2, 0.25) is 0 Å². The molecule has 0 N–H and O–H groups in total. The van der Waals surface area contributed by atoms with Gasteiger partial charge in [-0.15, -0.1) is 0 Å². The zero-order valence-electron chi connectivity index (χ0n) is 16.6. The van der Waals surface area contributed by atoms with Crippen LogP contribution in [0.1, 0.15) is 0 Å². The Kier molecular flexibility index (Phi) is 5.09. The third-order valence-electron chi connectivity index (χ3n) is 5.61. The average Bonchev–Trinajstić information content (AvgIpc) is 2.83. The summed E-state index contributed by atoms with van der Waals surface area (Å²) in [4.78, 5) is 10.1. The van der Waals surface area contributed by atoms with Gasteiger partial charge in [0.25, 0.3) is 0 Å². The van der Waals surface area contributed by atoms with Crippen LogP contribution in [0.15, 0.2) is 109 Å². The van der Waals surface area contributed by atoms with E-state index in [0.717, 1.165) is 49.5 Å². The van der Waals surface area contributed by atoms with Gasteiger partial charge in [0.1, 0.15) is 0 Å². The molecule has 0 aliphatic rings. The molecule has 0 bridgehead atoms. The topological polar surface area (TPSA) is 25.8 Å². The van der Waals surface area contributed by atoms with Crippen molar-refractivity contribution in [1.29, 1.82) is 0 Å². The zero-order chi connectivity index (χ0) is 19.9. The minimum absolute atomic E-state index is 0. The molecule has 2 nitrogen and oxygen atoms in total. The normalized spacial score (nSPS) is 11.0. The minimum atomic E-state index is 0. The van der Waals surface area contributed by atoms with Crippen molar-refractivity contribution in [3.05, 3.63) is 109 Å². The Bertz CT molecular complexity index is 1530. The second kappa shape index (κ2) is 8.06. The molecule has 6 aromatic rings. The first-order valence-electron chi connectivity index (χ1n) is 10.1. The van der Waals surface area contributed by atoms with Crippen molar-refractivity contribution in [2.24, 2.45) is 0 Å². The van der Waals surface area contributed by atoms with E-state index < -0.39 is 0 Å². The van der Waals surface area contributed by atoms with Crippen LogP contribution >= 0.6 is 0 Å². The van der Waals surface area contributed by atoms with Gasteiger partial charge in [0.05, 0.1) is 22.2 Å². The van der Waals surface area contributed by atoms with Crippen molar-refractivity contribution in [3.63, 3.8) is 0 Å². The number of para-hydroxylation sites is 1. The third kappa shape index (κ3) is 3.44. The maximum Gasteiger partial charge on any atom is 2.00 e. The van der Waals surface area contributed by atoms with E-state index in [1.54, 1.807) is 0 Å². The standard InChI is InChI=1S/C28H18N2.Pt/c1-3-9-19(10-4-1)23-18-22-15-16-26-24(17-21-13-7-8-14-25(21)29-26)28(22)30-27(23)20-11-5-2-6-12-20;/h1-18H;/q;+2. The van der Waals surface area contributed by atoms with Crippen molar-refractivity contribution in [3.8, 4) is 22.4 Å². The van der Waals surface area contributed by atoms with Crippen LogP contribution in [-0.4, -0.2) is 9.97 Å². The predicted molar refractivity (Wildman–Crippen MR) is 125 cm³/mol. The van der Waals surface area contributed by atoms with Gasteiger partial charge in [-0.1, -0.05) is 84.9 Å². The molecule has 0 saturated heterocycles. The van der Waals surface area contributed by atoms with Gasteiger partial charge in [0.15, 0.2) is 0 Å². The minimum Gasteiger partial charge on any atom is -0.248 e. The molecule has 31 heavy (non-hydrogen) atoms. The first kappa shape index (κ1) is 19.6. The predicted octanol–water partition coefficient (Wildman–Crippen LogP) is 7.27. The fourth-order valence-corrected chi connectivity index (χ4v) is 4.14. The molecule has 0 aliphatic carbocycles. The van der Waals surface area contributed by atoms with Crippen molar-refractivity contribution >= 4 is 32.7 Å². The van der Waals surface area contributed by atoms with Gasteiger partial charge in [-0.25, -0.2) is 9.97 Å². The molecule has 0 radical (unpaired) electrons. The molecular weight excluding hydrogens is 559 g/mol. The van der Waals surface area contributed by atoms with E-state index in [1.807, 2.05) is 18.2 Å². The quantitative estimate of drug-likeness (QED) is 0.160. The summed E-state index contributed by atoms with van der Waals surface area (Å²) in [7, 11) is 0. The summed E-state index contributed by atoms with van der Waals surface area (Å²) in [6.07, 6.45) is 0. The van der Waals surface area contributed by atoms with Crippen LogP contribution in [0, 0.1) is 0 Å². The number of benzene rings is 4. The van der Waals surface area contributed by atoms with Gasteiger partial charge in [-0.05, 0) is 29.8 Å². The summed E-state index contributed by atoms with van der Waals surface area (Å²) >= 11 is 0. The maximum atomic E-state index is 5.22. The third-order valence-corrected chi connectivity index (χ3v) is 5.61. The van der Waals surface area contributed by atoms with Crippen molar-refractivity contribution in [1.82, 2.24) is 9.97 Å². The zero-order valence-corrected chi connectivity index (χ0v) is 18.9. The molecule has 3 heteroatoms. The van der Waals surface area contributed by atoms with Crippen molar-refractivity contribution < 1.29 is 21.1 Å². The second-order valence-corrected chi connectivity index (χ2v) is 7.50. The Morgan fingerprint density at radius 2 is 1.16 bits per heavy atom. The first-order chi connectivity index (χ1) is 14.9. The van der Waals surface area contributed by atoms with E-state index in [0.29, 0.717) is 0 Å². The van der Waals surface area contributed by atoms with Crippen molar-refractivity contribution in [2.45, 2.75) is 0 Å². The number of hydrogen-bond acceptors (Lipinski definition) is 2. The first-order valence-corrected chi connectivity index (χ1v) is 10.1. The van der Waals surface area contributed by atoms with Gasteiger partial charge < -0.3 is 0 Å². The summed E-state index contributed by atoms with van der Waals surface area (Å²) in [5.74, 6) is 0. The molecule has 6 rings (SSSR count). The monoisotopic (exact) mass is 577 g/mol. The van der Waals surface area contributed by atoms with Crippen LogP contribution in [0.25, 0.3) is 55.1 Å². The number of pyridine rings is 2. The van der Waals surface area contributed by atoms with Gasteiger partial charge in [-0.2, -0.15) is 0 Å². The molecule has 0 saturated carbocycles. The molecule has 0 fully saturated rings. The van der Waals surface area contributed by atoms with Crippen LogP contribution in [0.2, 0.25) is 0 Å². The van der Waals surface area contributed by atoms with Gasteiger partial charge in [-0.3, -0.25) is 0 Å². The van der Waals surface area contributed by atoms with Crippen LogP contribution < -0.4 is 0 Å². The Hall–Kier alpha value is -3.35. The number of fused-ring (bicyclic) bond motifs is 4. The van der Waals surface area contributed by atoms with Crippen LogP contribution in [0.5, 0.6) is 0 Å². The van der Waals surface area contributed by atoms with E-state index >= 15 is 0 Å². The van der Waals surface area contributed by atoms with Gasteiger partial charge in [0, 0.05) is 27.3 Å². The second-order valence-electron chi connectivity index (χ2n) is 7.50. The van der Waals surface area contributed by atoms with E-state index in [-0.39, 0.29) is 21.1 Å². The number of hydrogen-bond donors (Lipinski definition) is 0. The molecule has 0 unspecified atom stereocenters. The molecule has 4 aromatic carbocycles. The van der Waals surface area contributed by atoms with E-state index in [2.05, 4.69) is 91.0 Å². The SMILES string of the molecule is [Pt+2].c1ccc(-c2cc3ccc4nc5ccccc5cc4c3nc2-c2ccccc2)cc1. The van der Waals surface area contributed by atoms with Crippen molar-refractivity contribution in [2.75, 3.05) is 0 Å². The molecular formula is C28H18N2Pt+2. The largest absolute Gasteiger partial charge is 2.00 e. The van der Waals surface area contributed by atoms with E-state index in [4.69, 9.17) is 9.97 Å². The Morgan fingerprint density at radius 3 is 1.94 bits per heavy atom. The van der Waals surface area contributed by atoms with Crippen LogP contribution in [-0.2, 0) is 21.1 Å². The molecule has 2 aromatic heterocycles. The number of aromatic nitrogens is 2. The molecule has 0 spiro atoms. The summed E-state index contributed by atoms with van der Waals surface area (Å²) in [6, 6.07) is 37.8. The number of rotatable bonds is 2. The Morgan fingerprint density at radius 1 is 0.484 bits per heavy atom. The average molecular weight is 578 g/mol. The van der Waals surface area contributed by atoms with Crippen LogP contribution in [0.3, 0.4) is 0 Å². The molecule has 148 valence electrons.